The van der Waals surface area contributed by atoms with E-state index in [4.69, 9.17) is 14.2 Å². The summed E-state index contributed by atoms with van der Waals surface area (Å²) in [5.41, 5.74) is 0. The highest BCUT2D eigenvalue weighted by atomic mass is 16.6. The number of hydrogen-bond acceptors (Lipinski definition) is 6. The lowest BCUT2D eigenvalue weighted by atomic mass is 10.0. The normalized spacial score (nSPS) is 12.8. The fourth-order valence-electron chi connectivity index (χ4n) is 6.88. The van der Waals surface area contributed by atoms with E-state index in [0.29, 0.717) is 19.3 Å². The summed E-state index contributed by atoms with van der Waals surface area (Å²) in [6.07, 6.45) is 64.3. The highest BCUT2D eigenvalue weighted by Crippen LogP contribution is 2.15. The summed E-state index contributed by atoms with van der Waals surface area (Å²) in [5.74, 6) is -1.000. The molecule has 0 amide bonds. The number of unbranched alkanes of at least 4 members (excludes halogenated alkanes) is 23. The Hall–Kier alpha value is -3.41. The Morgan fingerprint density at radius 1 is 0.355 bits per heavy atom. The number of ether oxygens (including phenoxy) is 3. The maximum absolute atomic E-state index is 12.8. The lowest BCUT2D eigenvalue weighted by molar-refractivity contribution is -0.167. The van der Waals surface area contributed by atoms with E-state index in [1.165, 1.54) is 116 Å². The molecule has 0 aromatic rings. The summed E-state index contributed by atoms with van der Waals surface area (Å²) in [5, 5.41) is 0. The van der Waals surface area contributed by atoms with E-state index in [9.17, 15) is 14.4 Å². The molecule has 0 aromatic heterocycles. The standard InChI is InChI=1S/C56H94O6/c1-4-7-10-13-16-19-22-25-27-28-29-32-34-37-40-43-46-49-55(58)61-52-53(51-60-54(57)48-45-42-39-36-33-30-24-21-18-15-12-9-6-3)62-56(59)50-47-44-41-38-35-31-26-23-20-17-14-11-8-5-2/h9,12,15,18,21,24-25,27,29-30,32-33,37,40,53H,4-8,10-11,13-14,16-17,19-20,22-23,26,28,31,34-36,38-39,41-52H2,1-3H3/b12-9-,18-15-,24-21-,27-25-,32-29-,33-30-,40-37-. The lowest BCUT2D eigenvalue weighted by Crippen LogP contribution is -2.30. The van der Waals surface area contributed by atoms with Crippen molar-refractivity contribution in [1.82, 2.24) is 0 Å². The first-order chi connectivity index (χ1) is 30.5. The summed E-state index contributed by atoms with van der Waals surface area (Å²) in [7, 11) is 0. The van der Waals surface area contributed by atoms with Gasteiger partial charge in [0.25, 0.3) is 0 Å². The van der Waals surface area contributed by atoms with E-state index >= 15 is 0 Å². The van der Waals surface area contributed by atoms with Crippen LogP contribution in [0.15, 0.2) is 85.1 Å². The van der Waals surface area contributed by atoms with Crippen LogP contribution in [-0.2, 0) is 28.6 Å². The molecule has 0 bridgehead atoms. The number of hydrogen-bond donors (Lipinski definition) is 0. The second-order valence-corrected chi connectivity index (χ2v) is 16.8. The molecule has 0 radical (unpaired) electrons. The highest BCUT2D eigenvalue weighted by molar-refractivity contribution is 5.71. The number of carbonyl (C=O) groups is 3. The Balaban J connectivity index is 4.50. The van der Waals surface area contributed by atoms with Crippen molar-refractivity contribution < 1.29 is 28.6 Å². The van der Waals surface area contributed by atoms with Crippen molar-refractivity contribution in [2.45, 2.75) is 239 Å². The lowest BCUT2D eigenvalue weighted by Gasteiger charge is -2.18. The quantitative estimate of drug-likeness (QED) is 0.0199. The molecule has 0 heterocycles. The molecule has 0 N–H and O–H groups in total. The van der Waals surface area contributed by atoms with Gasteiger partial charge in [-0.15, -0.1) is 0 Å². The summed E-state index contributed by atoms with van der Waals surface area (Å²) in [6.45, 7) is 6.41. The topological polar surface area (TPSA) is 78.9 Å². The fourth-order valence-corrected chi connectivity index (χ4v) is 6.88. The van der Waals surface area contributed by atoms with Crippen LogP contribution in [0.5, 0.6) is 0 Å². The third kappa shape index (κ3) is 47.6. The second-order valence-electron chi connectivity index (χ2n) is 16.8. The Kier molecular flexibility index (Phi) is 47.5. The monoisotopic (exact) mass is 863 g/mol. The van der Waals surface area contributed by atoms with Gasteiger partial charge in [-0.1, -0.05) is 228 Å². The van der Waals surface area contributed by atoms with Crippen LogP contribution in [-0.4, -0.2) is 37.2 Å². The first kappa shape index (κ1) is 58.6. The number of carbonyl (C=O) groups excluding carboxylic acids is 3. The average Bonchev–Trinajstić information content (AvgIpc) is 3.27. The van der Waals surface area contributed by atoms with Gasteiger partial charge in [-0.2, -0.15) is 0 Å². The Morgan fingerprint density at radius 3 is 1.21 bits per heavy atom. The van der Waals surface area contributed by atoms with Crippen molar-refractivity contribution in [3.63, 3.8) is 0 Å². The molecule has 0 rings (SSSR count). The minimum Gasteiger partial charge on any atom is -0.462 e. The van der Waals surface area contributed by atoms with Gasteiger partial charge < -0.3 is 14.2 Å². The fraction of sp³-hybridized carbons (Fsp3) is 0.696. The molecule has 0 fully saturated rings. The van der Waals surface area contributed by atoms with Crippen LogP contribution in [0.1, 0.15) is 233 Å². The molecule has 354 valence electrons. The minimum absolute atomic E-state index is 0.112. The van der Waals surface area contributed by atoms with E-state index < -0.39 is 6.10 Å². The van der Waals surface area contributed by atoms with Crippen molar-refractivity contribution in [2.75, 3.05) is 13.2 Å². The molecule has 62 heavy (non-hydrogen) atoms. The van der Waals surface area contributed by atoms with Crippen molar-refractivity contribution in [2.24, 2.45) is 0 Å². The molecule has 0 saturated carbocycles. The zero-order valence-electron chi connectivity index (χ0n) is 40.4. The van der Waals surface area contributed by atoms with Crippen LogP contribution in [0.4, 0.5) is 0 Å². The van der Waals surface area contributed by atoms with Crippen LogP contribution < -0.4 is 0 Å². The molecule has 0 aromatic carbocycles. The van der Waals surface area contributed by atoms with E-state index in [0.717, 1.165) is 70.6 Å². The molecule has 0 aliphatic carbocycles. The van der Waals surface area contributed by atoms with Gasteiger partial charge in [0.1, 0.15) is 13.2 Å². The van der Waals surface area contributed by atoms with Gasteiger partial charge in [-0.3, -0.25) is 14.4 Å². The zero-order chi connectivity index (χ0) is 45.1. The van der Waals surface area contributed by atoms with Crippen molar-refractivity contribution in [1.29, 1.82) is 0 Å². The van der Waals surface area contributed by atoms with E-state index in [1.54, 1.807) is 0 Å². The average molecular weight is 863 g/mol. The summed E-state index contributed by atoms with van der Waals surface area (Å²) in [6, 6.07) is 0. The first-order valence-corrected chi connectivity index (χ1v) is 25.6. The maximum atomic E-state index is 12.8. The molecule has 0 spiro atoms. The molecule has 6 heteroatoms. The van der Waals surface area contributed by atoms with Crippen LogP contribution in [0.2, 0.25) is 0 Å². The summed E-state index contributed by atoms with van der Waals surface area (Å²) < 4.78 is 16.7. The summed E-state index contributed by atoms with van der Waals surface area (Å²) in [4.78, 5) is 37.9. The molecule has 0 aliphatic rings. The van der Waals surface area contributed by atoms with Gasteiger partial charge in [0.15, 0.2) is 6.10 Å². The Labute approximate surface area is 382 Å². The number of rotatable bonds is 45. The Bertz CT molecular complexity index is 1220. The van der Waals surface area contributed by atoms with E-state index in [2.05, 4.69) is 69.4 Å². The van der Waals surface area contributed by atoms with Gasteiger partial charge >= 0.3 is 17.9 Å². The van der Waals surface area contributed by atoms with Crippen molar-refractivity contribution in [3.8, 4) is 0 Å². The molecular weight excluding hydrogens is 769 g/mol. The van der Waals surface area contributed by atoms with Gasteiger partial charge in [0.2, 0.25) is 0 Å². The molecular formula is C56H94O6. The van der Waals surface area contributed by atoms with E-state index in [1.807, 2.05) is 36.5 Å². The third-order valence-electron chi connectivity index (χ3n) is 10.7. The van der Waals surface area contributed by atoms with Crippen LogP contribution in [0.25, 0.3) is 0 Å². The summed E-state index contributed by atoms with van der Waals surface area (Å²) >= 11 is 0. The third-order valence-corrected chi connectivity index (χ3v) is 10.7. The Morgan fingerprint density at radius 2 is 0.710 bits per heavy atom. The van der Waals surface area contributed by atoms with Crippen LogP contribution in [0.3, 0.4) is 0 Å². The smallest absolute Gasteiger partial charge is 0.306 e. The zero-order valence-corrected chi connectivity index (χ0v) is 40.4. The SMILES string of the molecule is CC\C=C/C=C\C=C/C=C\CCCCCC(=O)OCC(COC(=O)CCC/C=C\C/C=C\C/C=C\CCCCCCCC)OC(=O)CCCCCCCCCCCCCCCC. The molecule has 6 nitrogen and oxygen atoms in total. The van der Waals surface area contributed by atoms with Crippen molar-refractivity contribution >= 4 is 17.9 Å². The van der Waals surface area contributed by atoms with Gasteiger partial charge in [0.05, 0.1) is 0 Å². The maximum Gasteiger partial charge on any atom is 0.306 e. The van der Waals surface area contributed by atoms with Crippen molar-refractivity contribution in [3.05, 3.63) is 85.1 Å². The minimum atomic E-state index is -0.810. The number of esters is 3. The second kappa shape index (κ2) is 50.2. The predicted molar refractivity (Wildman–Crippen MR) is 265 cm³/mol. The molecule has 1 unspecified atom stereocenters. The number of allylic oxidation sites excluding steroid dienone is 14. The molecule has 0 aliphatic heterocycles. The van der Waals surface area contributed by atoms with E-state index in [-0.39, 0.29) is 37.5 Å². The van der Waals surface area contributed by atoms with Crippen LogP contribution in [0, 0.1) is 0 Å². The van der Waals surface area contributed by atoms with Gasteiger partial charge in [-0.05, 0) is 70.6 Å². The van der Waals surface area contributed by atoms with Gasteiger partial charge in [-0.25, -0.2) is 0 Å². The first-order valence-electron chi connectivity index (χ1n) is 25.6. The van der Waals surface area contributed by atoms with Crippen LogP contribution >= 0.6 is 0 Å². The predicted octanol–water partition coefficient (Wildman–Crippen LogP) is 16.8. The molecule has 0 saturated heterocycles. The highest BCUT2D eigenvalue weighted by Gasteiger charge is 2.19. The largest absolute Gasteiger partial charge is 0.462 e. The molecule has 1 atom stereocenters. The van der Waals surface area contributed by atoms with Gasteiger partial charge in [0, 0.05) is 19.3 Å².